The van der Waals surface area contributed by atoms with Crippen LogP contribution in [-0.2, 0) is 6.42 Å². The lowest BCUT2D eigenvalue weighted by Gasteiger charge is -2.49. The third kappa shape index (κ3) is 1.87. The standard InChI is InChI=1S/C21H27F/c1-4-15-6-8-19-17-7-5-14-12-20(22)13(2)11-18(14)16(17)9-10-21(15,19)3/h4,11-12,16-17,19H,5-10H2,1-3H3/t16?,17?,19?,21-/m1/s1. The lowest BCUT2D eigenvalue weighted by Crippen LogP contribution is -2.40. The molecule has 0 bridgehead atoms. The van der Waals surface area contributed by atoms with Gasteiger partial charge >= 0.3 is 0 Å². The molecule has 0 heterocycles. The number of hydrogen-bond acceptors (Lipinski definition) is 0. The Bertz CT molecular complexity index is 642. The van der Waals surface area contributed by atoms with Crippen molar-refractivity contribution in [1.29, 1.82) is 0 Å². The fourth-order valence-corrected chi connectivity index (χ4v) is 6.03. The first-order chi connectivity index (χ1) is 10.5. The van der Waals surface area contributed by atoms with Crippen LogP contribution in [0.2, 0.25) is 0 Å². The maximum absolute atomic E-state index is 13.9. The zero-order valence-corrected chi connectivity index (χ0v) is 14.1. The van der Waals surface area contributed by atoms with E-state index in [1.54, 1.807) is 5.57 Å². The molecule has 22 heavy (non-hydrogen) atoms. The van der Waals surface area contributed by atoms with E-state index < -0.39 is 0 Å². The number of aryl methyl sites for hydroxylation is 2. The topological polar surface area (TPSA) is 0 Å². The zero-order valence-electron chi connectivity index (χ0n) is 14.1. The van der Waals surface area contributed by atoms with Gasteiger partial charge in [0.05, 0.1) is 0 Å². The van der Waals surface area contributed by atoms with Gasteiger partial charge in [0.1, 0.15) is 5.82 Å². The highest BCUT2D eigenvalue weighted by atomic mass is 19.1. The largest absolute Gasteiger partial charge is 0.207 e. The minimum Gasteiger partial charge on any atom is -0.207 e. The van der Waals surface area contributed by atoms with E-state index in [1.165, 1.54) is 43.2 Å². The molecule has 3 aliphatic rings. The summed E-state index contributed by atoms with van der Waals surface area (Å²) in [5.74, 6) is 2.32. The molecular formula is C21H27F. The van der Waals surface area contributed by atoms with Gasteiger partial charge in [-0.1, -0.05) is 24.6 Å². The number of rotatable bonds is 0. The molecule has 4 rings (SSSR count). The Morgan fingerprint density at radius 1 is 1.18 bits per heavy atom. The highest BCUT2D eigenvalue weighted by molar-refractivity contribution is 5.39. The molecule has 0 nitrogen and oxygen atoms in total. The normalized spacial score (nSPS) is 38.5. The van der Waals surface area contributed by atoms with E-state index in [0.29, 0.717) is 11.3 Å². The van der Waals surface area contributed by atoms with Gasteiger partial charge in [-0.15, -0.1) is 0 Å². The maximum atomic E-state index is 13.9. The van der Waals surface area contributed by atoms with Gasteiger partial charge in [-0.05, 0) is 98.3 Å². The molecule has 118 valence electrons. The van der Waals surface area contributed by atoms with Gasteiger partial charge in [-0.2, -0.15) is 0 Å². The van der Waals surface area contributed by atoms with Gasteiger partial charge in [-0.25, -0.2) is 4.39 Å². The highest BCUT2D eigenvalue weighted by Crippen LogP contribution is 2.62. The van der Waals surface area contributed by atoms with Crippen LogP contribution in [0.15, 0.2) is 23.8 Å². The minimum absolute atomic E-state index is 0.0186. The predicted octanol–water partition coefficient (Wildman–Crippen LogP) is 5.94. The van der Waals surface area contributed by atoms with Crippen molar-refractivity contribution in [3.05, 3.63) is 46.3 Å². The SMILES string of the molecule is CC=C1CCC2C3CCc4cc(F)c(C)cc4C3CC[C@]12C. The van der Waals surface area contributed by atoms with Gasteiger partial charge in [0.15, 0.2) is 0 Å². The molecule has 1 heteroatoms. The molecule has 0 saturated heterocycles. The molecule has 3 aliphatic carbocycles. The quantitative estimate of drug-likeness (QED) is 0.520. The lowest BCUT2D eigenvalue weighted by atomic mass is 9.55. The molecule has 0 radical (unpaired) electrons. The van der Waals surface area contributed by atoms with E-state index in [9.17, 15) is 4.39 Å². The Morgan fingerprint density at radius 2 is 2.00 bits per heavy atom. The second-order valence-electron chi connectivity index (χ2n) is 8.02. The summed E-state index contributed by atoms with van der Waals surface area (Å²) in [5, 5.41) is 0. The first-order valence-corrected chi connectivity index (χ1v) is 8.99. The van der Waals surface area contributed by atoms with Crippen LogP contribution in [-0.4, -0.2) is 0 Å². The van der Waals surface area contributed by atoms with Crippen molar-refractivity contribution in [1.82, 2.24) is 0 Å². The van der Waals surface area contributed by atoms with Gasteiger partial charge in [0.2, 0.25) is 0 Å². The number of halogens is 1. The molecule has 2 fully saturated rings. The number of allylic oxidation sites excluding steroid dienone is 2. The van der Waals surface area contributed by atoms with Crippen LogP contribution in [0.5, 0.6) is 0 Å². The van der Waals surface area contributed by atoms with E-state index in [0.717, 1.165) is 23.8 Å². The molecule has 1 aromatic rings. The minimum atomic E-state index is -0.0186. The zero-order chi connectivity index (χ0) is 15.5. The summed E-state index contributed by atoms with van der Waals surface area (Å²) < 4.78 is 13.9. The number of fused-ring (bicyclic) bond motifs is 5. The summed E-state index contributed by atoms with van der Waals surface area (Å²) in [6.45, 7) is 6.65. The smallest absolute Gasteiger partial charge is 0.126 e. The Morgan fingerprint density at radius 3 is 2.77 bits per heavy atom. The van der Waals surface area contributed by atoms with Crippen molar-refractivity contribution in [3.8, 4) is 0 Å². The van der Waals surface area contributed by atoms with Crippen LogP contribution in [0.3, 0.4) is 0 Å². The Hall–Kier alpha value is -1.11. The summed E-state index contributed by atoms with van der Waals surface area (Å²) in [6, 6.07) is 3.98. The fraction of sp³-hybridized carbons (Fsp3) is 0.619. The number of benzene rings is 1. The van der Waals surface area contributed by atoms with E-state index in [-0.39, 0.29) is 5.82 Å². The highest BCUT2D eigenvalue weighted by Gasteiger charge is 2.52. The van der Waals surface area contributed by atoms with Crippen LogP contribution in [0.25, 0.3) is 0 Å². The van der Waals surface area contributed by atoms with E-state index >= 15 is 0 Å². The summed E-state index contributed by atoms with van der Waals surface area (Å²) in [6.07, 6.45) is 9.99. The molecule has 4 atom stereocenters. The van der Waals surface area contributed by atoms with Crippen molar-refractivity contribution in [2.24, 2.45) is 17.3 Å². The van der Waals surface area contributed by atoms with Gasteiger partial charge in [0, 0.05) is 0 Å². The lowest BCUT2D eigenvalue weighted by molar-refractivity contribution is 0.0812. The maximum Gasteiger partial charge on any atom is 0.126 e. The Labute approximate surface area is 133 Å². The van der Waals surface area contributed by atoms with Crippen molar-refractivity contribution in [2.75, 3.05) is 0 Å². The van der Waals surface area contributed by atoms with Crippen molar-refractivity contribution < 1.29 is 4.39 Å². The molecule has 0 spiro atoms. The molecule has 0 aromatic heterocycles. The average Bonchev–Trinajstić information content (AvgIpc) is 2.85. The van der Waals surface area contributed by atoms with Crippen molar-refractivity contribution in [2.45, 2.75) is 65.2 Å². The fourth-order valence-electron chi connectivity index (χ4n) is 6.03. The van der Waals surface area contributed by atoms with E-state index in [4.69, 9.17) is 0 Å². The number of hydrogen-bond donors (Lipinski definition) is 0. The van der Waals surface area contributed by atoms with Crippen LogP contribution in [0.4, 0.5) is 4.39 Å². The van der Waals surface area contributed by atoms with Gasteiger partial charge < -0.3 is 0 Å². The van der Waals surface area contributed by atoms with Crippen molar-refractivity contribution >= 4 is 0 Å². The summed E-state index contributed by atoms with van der Waals surface area (Å²) >= 11 is 0. The second kappa shape index (κ2) is 4.94. The van der Waals surface area contributed by atoms with Crippen LogP contribution in [0, 0.1) is 30.0 Å². The molecule has 1 aromatic carbocycles. The molecule has 3 unspecified atom stereocenters. The second-order valence-corrected chi connectivity index (χ2v) is 8.02. The van der Waals surface area contributed by atoms with Crippen LogP contribution < -0.4 is 0 Å². The molecular weight excluding hydrogens is 271 g/mol. The third-order valence-corrected chi connectivity index (χ3v) is 7.20. The summed E-state index contributed by atoms with van der Waals surface area (Å²) in [7, 11) is 0. The van der Waals surface area contributed by atoms with Crippen molar-refractivity contribution in [3.63, 3.8) is 0 Å². The summed E-state index contributed by atoms with van der Waals surface area (Å²) in [4.78, 5) is 0. The van der Waals surface area contributed by atoms with E-state index in [1.807, 2.05) is 13.0 Å². The average molecular weight is 298 g/mol. The van der Waals surface area contributed by atoms with Crippen LogP contribution in [0.1, 0.15) is 68.6 Å². The summed E-state index contributed by atoms with van der Waals surface area (Å²) in [5.41, 5.74) is 5.75. The van der Waals surface area contributed by atoms with Gasteiger partial charge in [-0.3, -0.25) is 0 Å². The monoisotopic (exact) mass is 298 g/mol. The van der Waals surface area contributed by atoms with Gasteiger partial charge in [0.25, 0.3) is 0 Å². The van der Waals surface area contributed by atoms with E-state index in [2.05, 4.69) is 26.0 Å². The molecule has 0 amide bonds. The molecule has 2 saturated carbocycles. The molecule has 0 N–H and O–H groups in total. The first kappa shape index (κ1) is 14.5. The molecule has 0 aliphatic heterocycles. The Kier molecular flexibility index (Phi) is 3.25. The van der Waals surface area contributed by atoms with Crippen LogP contribution >= 0.6 is 0 Å². The Balaban J connectivity index is 1.73. The first-order valence-electron chi connectivity index (χ1n) is 8.99. The third-order valence-electron chi connectivity index (χ3n) is 7.20. The predicted molar refractivity (Wildman–Crippen MR) is 89.5 cm³/mol.